The van der Waals surface area contributed by atoms with Crippen LogP contribution < -0.4 is 10.5 Å². The Labute approximate surface area is 221 Å². The number of carbonyl (C=O) groups excluding carboxylic acids is 1. The highest BCUT2D eigenvalue weighted by molar-refractivity contribution is 8.26. The van der Waals surface area contributed by atoms with Crippen LogP contribution in [-0.4, -0.2) is 32.8 Å². The molecule has 7 heteroatoms. The second-order valence-electron chi connectivity index (χ2n) is 9.75. The smallest absolute Gasteiger partial charge is 0.266 e. The van der Waals surface area contributed by atoms with Crippen molar-refractivity contribution >= 4 is 56.9 Å². The number of pyridine rings is 1. The number of para-hydroxylation sites is 1. The van der Waals surface area contributed by atoms with Crippen molar-refractivity contribution in [2.24, 2.45) is 5.92 Å². The Morgan fingerprint density at radius 1 is 1.06 bits per heavy atom. The fourth-order valence-electron chi connectivity index (χ4n) is 5.07. The molecule has 0 saturated carbocycles. The molecular formula is C29H31N3O2S2. The van der Waals surface area contributed by atoms with Crippen molar-refractivity contribution in [1.29, 1.82) is 0 Å². The van der Waals surface area contributed by atoms with Crippen molar-refractivity contribution in [3.8, 4) is 0 Å². The Kier molecular flexibility index (Phi) is 7.04. The normalized spacial score (nSPS) is 18.1. The van der Waals surface area contributed by atoms with Crippen molar-refractivity contribution in [3.05, 3.63) is 80.5 Å². The molecule has 186 valence electrons. The fourth-order valence-corrected chi connectivity index (χ4v) is 6.31. The van der Waals surface area contributed by atoms with Gasteiger partial charge in [0, 0.05) is 25.0 Å². The lowest BCUT2D eigenvalue weighted by Gasteiger charge is -2.34. The van der Waals surface area contributed by atoms with Crippen molar-refractivity contribution in [3.63, 3.8) is 0 Å². The van der Waals surface area contributed by atoms with Gasteiger partial charge in [-0.05, 0) is 50.3 Å². The number of carbonyl (C=O) groups is 1. The first-order chi connectivity index (χ1) is 17.4. The third-order valence-corrected chi connectivity index (χ3v) is 8.58. The number of benzene rings is 2. The van der Waals surface area contributed by atoms with Gasteiger partial charge in [0.1, 0.15) is 4.32 Å². The van der Waals surface area contributed by atoms with E-state index in [4.69, 9.17) is 12.2 Å². The number of aromatic nitrogens is 1. The summed E-state index contributed by atoms with van der Waals surface area (Å²) in [6, 6.07) is 16.2. The van der Waals surface area contributed by atoms with E-state index in [1.165, 1.54) is 17.3 Å². The van der Waals surface area contributed by atoms with E-state index < -0.39 is 0 Å². The van der Waals surface area contributed by atoms with Gasteiger partial charge in [-0.15, -0.1) is 0 Å². The zero-order valence-electron chi connectivity index (χ0n) is 21.0. The number of aryl methyl sites for hydroxylation is 2. The highest BCUT2D eigenvalue weighted by Gasteiger charge is 2.33. The van der Waals surface area contributed by atoms with Gasteiger partial charge < -0.3 is 9.47 Å². The second-order valence-corrected chi connectivity index (χ2v) is 11.4. The molecule has 2 aliphatic heterocycles. The second kappa shape index (κ2) is 10.2. The van der Waals surface area contributed by atoms with Crippen LogP contribution in [0.15, 0.2) is 58.2 Å². The van der Waals surface area contributed by atoms with Gasteiger partial charge in [-0.3, -0.25) is 14.5 Å². The van der Waals surface area contributed by atoms with Crippen LogP contribution in [0.4, 0.5) is 5.69 Å². The first-order valence-corrected chi connectivity index (χ1v) is 13.8. The first-order valence-electron chi connectivity index (χ1n) is 12.6. The summed E-state index contributed by atoms with van der Waals surface area (Å²) in [6.45, 7) is 9.10. The van der Waals surface area contributed by atoms with Crippen LogP contribution >= 0.6 is 24.0 Å². The van der Waals surface area contributed by atoms with Gasteiger partial charge in [0.25, 0.3) is 11.5 Å². The van der Waals surface area contributed by atoms with Crippen LogP contribution in [0.1, 0.15) is 43.4 Å². The maximum Gasteiger partial charge on any atom is 0.266 e. The van der Waals surface area contributed by atoms with Crippen LogP contribution in [0.25, 0.3) is 17.0 Å². The first kappa shape index (κ1) is 24.8. The highest BCUT2D eigenvalue weighted by Crippen LogP contribution is 2.37. The van der Waals surface area contributed by atoms with Gasteiger partial charge in [0.05, 0.1) is 28.2 Å². The Balaban J connectivity index is 1.60. The minimum atomic E-state index is -0.139. The molecule has 0 spiro atoms. The van der Waals surface area contributed by atoms with E-state index in [1.54, 1.807) is 11.0 Å². The van der Waals surface area contributed by atoms with Gasteiger partial charge in [-0.2, -0.15) is 0 Å². The molecular weight excluding hydrogens is 486 g/mol. The van der Waals surface area contributed by atoms with Gasteiger partial charge in [-0.1, -0.05) is 78.9 Å². The summed E-state index contributed by atoms with van der Waals surface area (Å²) in [7, 11) is 0. The molecule has 0 bridgehead atoms. The Morgan fingerprint density at radius 3 is 2.44 bits per heavy atom. The minimum Gasteiger partial charge on any atom is -0.370 e. The molecule has 2 fully saturated rings. The molecule has 0 atom stereocenters. The summed E-state index contributed by atoms with van der Waals surface area (Å²) >= 11 is 6.88. The maximum absolute atomic E-state index is 13.8. The number of piperidine rings is 1. The fraction of sp³-hybridized carbons (Fsp3) is 0.345. The minimum absolute atomic E-state index is 0.0615. The van der Waals surface area contributed by atoms with E-state index in [1.807, 2.05) is 60.9 Å². The lowest BCUT2D eigenvalue weighted by molar-refractivity contribution is -0.122. The lowest BCUT2D eigenvalue weighted by Crippen LogP contribution is -2.36. The van der Waals surface area contributed by atoms with Crippen molar-refractivity contribution in [2.75, 3.05) is 18.0 Å². The summed E-state index contributed by atoms with van der Waals surface area (Å²) in [6.07, 6.45) is 3.97. The number of anilines is 1. The monoisotopic (exact) mass is 517 g/mol. The van der Waals surface area contributed by atoms with Crippen LogP contribution in [0, 0.1) is 12.8 Å². The molecule has 0 N–H and O–H groups in total. The number of thioether (sulfide) groups is 1. The molecule has 3 heterocycles. The zero-order valence-corrected chi connectivity index (χ0v) is 22.6. The molecule has 1 aromatic heterocycles. The molecule has 2 saturated heterocycles. The van der Waals surface area contributed by atoms with E-state index in [-0.39, 0.29) is 11.5 Å². The number of thiocarbonyl (C=S) groups is 1. The topological polar surface area (TPSA) is 45.6 Å². The molecule has 2 aliphatic rings. The van der Waals surface area contributed by atoms with Crippen molar-refractivity contribution < 1.29 is 4.79 Å². The zero-order chi connectivity index (χ0) is 25.4. The molecule has 5 rings (SSSR count). The standard InChI is InChI=1S/C29H31N3O2S2/c1-4-31-24-8-6-5-7-22(24)26(30-15-13-20(3)14-16-30)23(27(31)33)17-25-28(34)32(29(35)36-25)18-21-11-9-19(2)10-12-21/h5-12,17,20H,4,13-16,18H2,1-3H3. The third-order valence-electron chi connectivity index (χ3n) is 7.21. The SMILES string of the molecule is CCn1c(=O)c(C=C2SC(=S)N(Cc3ccc(C)cc3)C2=O)c(N2CCC(C)CC2)c2ccccc21. The van der Waals surface area contributed by atoms with Crippen molar-refractivity contribution in [2.45, 2.75) is 46.7 Å². The van der Waals surface area contributed by atoms with Gasteiger partial charge in [0.2, 0.25) is 0 Å². The molecule has 0 aliphatic carbocycles. The van der Waals surface area contributed by atoms with Crippen LogP contribution in [0.3, 0.4) is 0 Å². The van der Waals surface area contributed by atoms with Crippen LogP contribution in [0.5, 0.6) is 0 Å². The molecule has 0 radical (unpaired) electrons. The average molecular weight is 518 g/mol. The van der Waals surface area contributed by atoms with E-state index in [0.717, 1.165) is 48.1 Å². The summed E-state index contributed by atoms with van der Waals surface area (Å²) in [5.41, 5.74) is 4.60. The quantitative estimate of drug-likeness (QED) is 0.308. The van der Waals surface area contributed by atoms with Crippen LogP contribution in [0.2, 0.25) is 0 Å². The Bertz CT molecular complexity index is 1420. The highest BCUT2D eigenvalue weighted by atomic mass is 32.2. The molecule has 0 unspecified atom stereocenters. The van der Waals surface area contributed by atoms with Gasteiger partial charge in [-0.25, -0.2) is 0 Å². The van der Waals surface area contributed by atoms with Crippen molar-refractivity contribution in [1.82, 2.24) is 9.47 Å². The molecule has 1 amide bonds. The number of rotatable bonds is 5. The lowest BCUT2D eigenvalue weighted by atomic mass is 9.97. The maximum atomic E-state index is 13.8. The number of nitrogens with zero attached hydrogens (tertiary/aromatic N) is 3. The van der Waals surface area contributed by atoms with Gasteiger partial charge in [0.15, 0.2) is 0 Å². The summed E-state index contributed by atoms with van der Waals surface area (Å²) in [4.78, 5) is 31.8. The van der Waals surface area contributed by atoms with E-state index in [2.05, 4.69) is 17.9 Å². The number of amides is 1. The third kappa shape index (κ3) is 4.62. The Morgan fingerprint density at radius 2 is 1.75 bits per heavy atom. The largest absolute Gasteiger partial charge is 0.370 e. The van der Waals surface area contributed by atoms with E-state index in [9.17, 15) is 9.59 Å². The molecule has 5 nitrogen and oxygen atoms in total. The van der Waals surface area contributed by atoms with E-state index >= 15 is 0 Å². The summed E-state index contributed by atoms with van der Waals surface area (Å²) in [5, 5.41) is 1.05. The predicted molar refractivity (Wildman–Crippen MR) is 154 cm³/mol. The van der Waals surface area contributed by atoms with Crippen LogP contribution in [-0.2, 0) is 17.9 Å². The molecule has 36 heavy (non-hydrogen) atoms. The number of fused-ring (bicyclic) bond motifs is 1. The summed E-state index contributed by atoms with van der Waals surface area (Å²) in [5.74, 6) is 0.532. The average Bonchev–Trinajstić information content (AvgIpc) is 3.14. The van der Waals surface area contributed by atoms with Gasteiger partial charge >= 0.3 is 0 Å². The summed E-state index contributed by atoms with van der Waals surface area (Å²) < 4.78 is 2.33. The molecule has 3 aromatic rings. The number of hydrogen-bond acceptors (Lipinski definition) is 5. The predicted octanol–water partition coefficient (Wildman–Crippen LogP) is 5.97. The number of hydrogen-bond donors (Lipinski definition) is 0. The molecule has 2 aromatic carbocycles. The Hall–Kier alpha value is -2.90. The van der Waals surface area contributed by atoms with E-state index in [0.29, 0.717) is 33.8 Å².